The molecular formula is C57H60Cl2Zr-2. The van der Waals surface area contributed by atoms with E-state index in [1.54, 1.807) is 3.21 Å². The summed E-state index contributed by atoms with van der Waals surface area (Å²) in [5.74, 6) is 0. The topological polar surface area (TPSA) is 0 Å². The monoisotopic (exact) mass is 904 g/mol. The molecule has 60 heavy (non-hydrogen) atoms. The van der Waals surface area contributed by atoms with Crippen molar-refractivity contribution >= 4 is 24.8 Å². The standard InChI is InChI=1S/C33H33.C19H22.C5H5.2ClH.Zr/c1-32(2,3)30-20-26-24(18-28(30)22-13-9-7-10-14-22)17-25-19-29(23-15-11-8-12-16-23)31(21-27(25)26)33(4,5)6;1-18(2,16-11-7-5-8-12-16)15-19(3,4)17-13-9-6-10-14-17;1-2-4-5-3-1;;;/h7-21H,1-6H3;5-14H,1-4H3;1-3H,4H2;2*1H;/q-1;;-1;;;+2/p-2. The van der Waals surface area contributed by atoms with Gasteiger partial charge < -0.3 is 24.8 Å². The van der Waals surface area contributed by atoms with Gasteiger partial charge in [-0.2, -0.15) is 6.08 Å². The minimum atomic E-state index is 0. The molecule has 0 atom stereocenters. The molecule has 0 spiro atoms. The van der Waals surface area contributed by atoms with E-state index in [0.717, 1.165) is 6.42 Å². The first-order valence-corrected chi connectivity index (χ1v) is 22.0. The molecule has 1 aliphatic carbocycles. The molecule has 0 N–H and O–H groups in total. The summed E-state index contributed by atoms with van der Waals surface area (Å²) in [6.07, 6.45) is 10.0. The van der Waals surface area contributed by atoms with Crippen molar-refractivity contribution in [3.05, 3.63) is 198 Å². The van der Waals surface area contributed by atoms with Gasteiger partial charge in [0.2, 0.25) is 0 Å². The fourth-order valence-corrected chi connectivity index (χ4v) is 8.89. The van der Waals surface area contributed by atoms with E-state index >= 15 is 0 Å². The number of halogens is 2. The normalized spacial score (nSPS) is 12.5. The van der Waals surface area contributed by atoms with Crippen LogP contribution in [0.25, 0.3) is 43.8 Å². The zero-order valence-corrected chi connectivity index (χ0v) is 41.1. The number of hydrogen-bond donors (Lipinski definition) is 0. The second kappa shape index (κ2) is 20.2. The largest absolute Gasteiger partial charge is 1.00 e. The van der Waals surface area contributed by atoms with Gasteiger partial charge in [-0.3, -0.25) is 6.08 Å². The molecule has 0 fully saturated rings. The summed E-state index contributed by atoms with van der Waals surface area (Å²) in [6, 6.07) is 55.4. The Kier molecular flexibility index (Phi) is 16.4. The quantitative estimate of drug-likeness (QED) is 0.146. The van der Waals surface area contributed by atoms with Crippen LogP contribution in [0.3, 0.4) is 0 Å². The van der Waals surface area contributed by atoms with Gasteiger partial charge >= 0.3 is 138 Å². The summed E-state index contributed by atoms with van der Waals surface area (Å²) in [7, 11) is 0. The molecule has 0 radical (unpaired) electrons. The first-order valence-electron chi connectivity index (χ1n) is 20.7. The molecular weight excluding hydrogens is 847 g/mol. The second-order valence-electron chi connectivity index (χ2n) is 18.7. The Bertz CT molecular complexity index is 2350. The Morgan fingerprint density at radius 3 is 1.13 bits per heavy atom. The predicted octanol–water partition coefficient (Wildman–Crippen LogP) is 9.62. The molecule has 0 heterocycles. The van der Waals surface area contributed by atoms with Gasteiger partial charge in [0, 0.05) is 0 Å². The van der Waals surface area contributed by atoms with Crippen molar-refractivity contribution in [3.63, 3.8) is 0 Å². The third-order valence-corrected chi connectivity index (χ3v) is 14.7. The van der Waals surface area contributed by atoms with E-state index in [-0.39, 0.29) is 46.5 Å². The van der Waals surface area contributed by atoms with Gasteiger partial charge in [-0.25, -0.2) is 12.2 Å². The molecule has 0 unspecified atom stereocenters. The van der Waals surface area contributed by atoms with Crippen LogP contribution < -0.4 is 24.8 Å². The molecule has 8 rings (SSSR count). The van der Waals surface area contributed by atoms with Crippen LogP contribution in [0.4, 0.5) is 0 Å². The average molecular weight is 907 g/mol. The minimum Gasteiger partial charge on any atom is -1.00 e. The van der Waals surface area contributed by atoms with Crippen LogP contribution in [0.1, 0.15) is 97.9 Å². The summed E-state index contributed by atoms with van der Waals surface area (Å²) < 4.78 is 1.58. The van der Waals surface area contributed by atoms with Crippen molar-refractivity contribution in [2.45, 2.75) is 97.3 Å². The molecule has 0 aromatic heterocycles. The Morgan fingerprint density at radius 1 is 0.500 bits per heavy atom. The third-order valence-electron chi connectivity index (χ3n) is 11.6. The summed E-state index contributed by atoms with van der Waals surface area (Å²) in [5, 5.41) is 5.36. The van der Waals surface area contributed by atoms with Crippen LogP contribution in [-0.4, -0.2) is 3.21 Å². The Hall–Kier alpha value is -4.00. The van der Waals surface area contributed by atoms with Gasteiger partial charge in [-0.05, 0) is 44.2 Å². The van der Waals surface area contributed by atoms with Gasteiger partial charge in [0.1, 0.15) is 0 Å². The van der Waals surface area contributed by atoms with Gasteiger partial charge in [0.25, 0.3) is 0 Å². The van der Waals surface area contributed by atoms with Crippen LogP contribution in [0, 0.1) is 6.08 Å². The molecule has 0 nitrogen and oxygen atoms in total. The van der Waals surface area contributed by atoms with Gasteiger partial charge in [-0.1, -0.05) is 114 Å². The van der Waals surface area contributed by atoms with Gasteiger partial charge in [0.15, 0.2) is 0 Å². The van der Waals surface area contributed by atoms with Crippen molar-refractivity contribution in [3.8, 4) is 22.3 Å². The number of rotatable bonds is 6. The number of hydrogen-bond acceptors (Lipinski definition) is 0. The Morgan fingerprint density at radius 2 is 0.850 bits per heavy atom. The summed E-state index contributed by atoms with van der Waals surface area (Å²) in [6.45, 7) is 23.3. The van der Waals surface area contributed by atoms with Crippen LogP contribution in [0.15, 0.2) is 170 Å². The van der Waals surface area contributed by atoms with Crippen LogP contribution in [0.2, 0.25) is 0 Å². The molecule has 7 aromatic rings. The third kappa shape index (κ3) is 11.1. The number of allylic oxidation sites excluding steroid dienone is 4. The first-order chi connectivity index (χ1) is 27.5. The van der Waals surface area contributed by atoms with E-state index < -0.39 is 0 Å². The maximum absolute atomic E-state index is 2.99. The van der Waals surface area contributed by atoms with E-state index in [2.05, 4.69) is 233 Å². The maximum Gasteiger partial charge on any atom is -0.109 e. The number of benzene rings is 6. The molecule has 0 saturated heterocycles. The molecule has 3 heteroatoms. The van der Waals surface area contributed by atoms with Crippen molar-refractivity contribution in [2.24, 2.45) is 0 Å². The molecule has 0 amide bonds. The molecule has 0 aliphatic heterocycles. The zero-order valence-electron chi connectivity index (χ0n) is 37.1. The predicted molar refractivity (Wildman–Crippen MR) is 251 cm³/mol. The van der Waals surface area contributed by atoms with Crippen LogP contribution in [-0.2, 0) is 45.9 Å². The fraction of sp³-hybridized carbons (Fsp3) is 0.263. The first kappa shape index (κ1) is 48.7. The van der Waals surface area contributed by atoms with Crippen molar-refractivity contribution in [2.75, 3.05) is 0 Å². The molecule has 308 valence electrons. The molecule has 0 saturated carbocycles. The van der Waals surface area contributed by atoms with E-state index in [4.69, 9.17) is 0 Å². The maximum atomic E-state index is 2.99. The minimum absolute atomic E-state index is 0. The van der Waals surface area contributed by atoms with Crippen molar-refractivity contribution < 1.29 is 49.0 Å². The molecule has 7 aromatic carbocycles. The van der Waals surface area contributed by atoms with Gasteiger partial charge in [0.05, 0.1) is 0 Å². The fourth-order valence-electron chi connectivity index (χ4n) is 8.18. The summed E-state index contributed by atoms with van der Waals surface area (Å²) >= 11 is 1.51. The summed E-state index contributed by atoms with van der Waals surface area (Å²) in [4.78, 5) is 0. The van der Waals surface area contributed by atoms with Crippen molar-refractivity contribution in [1.29, 1.82) is 0 Å². The SMILES string of the molecule is CC(C)(C)c1cc2c(cc1-c1ccccc1)[cH-]c1cc(-c3ccccc3)c(C(C)(C)C)cc12.CC(C)([C](=[Zr+2])C(C)(C)c1ccccc1)c1ccccc1.[C-]1=CC=CC1.[Cl-].[Cl-]. The average Bonchev–Trinajstić information content (AvgIpc) is 3.93. The van der Waals surface area contributed by atoms with Crippen molar-refractivity contribution in [1.82, 2.24) is 0 Å². The zero-order chi connectivity index (χ0) is 41.7. The van der Waals surface area contributed by atoms with Crippen LogP contribution in [0.5, 0.6) is 0 Å². The Balaban J connectivity index is 0.000000250. The second-order valence-corrected chi connectivity index (χ2v) is 19.9. The van der Waals surface area contributed by atoms with E-state index in [1.807, 2.05) is 12.2 Å². The van der Waals surface area contributed by atoms with E-state index in [9.17, 15) is 0 Å². The van der Waals surface area contributed by atoms with Crippen LogP contribution >= 0.6 is 0 Å². The smallest absolute Gasteiger partial charge is 0.109 e. The van der Waals surface area contributed by atoms with E-state index in [0.29, 0.717) is 0 Å². The van der Waals surface area contributed by atoms with E-state index in [1.165, 1.54) is 90.3 Å². The number of fused-ring (bicyclic) bond motifs is 3. The molecule has 1 aliphatic rings. The molecule has 0 bridgehead atoms. The Labute approximate surface area is 388 Å². The van der Waals surface area contributed by atoms with Gasteiger partial charge in [-0.15, -0.1) is 46.2 Å². The summed E-state index contributed by atoms with van der Waals surface area (Å²) in [5.41, 5.74) is 11.2.